The summed E-state index contributed by atoms with van der Waals surface area (Å²) in [4.78, 5) is 11.2. The number of ether oxygens (including phenoxy) is 2. The van der Waals surface area contributed by atoms with Crippen LogP contribution in [0.15, 0.2) is 30.5 Å². The molecule has 2 fully saturated rings. The van der Waals surface area contributed by atoms with Gasteiger partial charge < -0.3 is 19.7 Å². The highest BCUT2D eigenvalue weighted by Gasteiger charge is 2.17. The van der Waals surface area contributed by atoms with Crippen molar-refractivity contribution in [1.82, 2.24) is 9.97 Å². The van der Waals surface area contributed by atoms with Crippen molar-refractivity contribution in [1.29, 1.82) is 5.26 Å². The molecule has 2 aliphatic heterocycles. The monoisotopic (exact) mass is 379 g/mol. The maximum atomic E-state index is 9.39. The predicted octanol–water partition coefficient (Wildman–Crippen LogP) is 3.64. The van der Waals surface area contributed by atoms with Crippen LogP contribution >= 0.6 is 0 Å². The largest absolute Gasteiger partial charge is 0.490 e. The minimum Gasteiger partial charge on any atom is -0.490 e. The molecule has 3 heterocycles. The molecule has 0 atom stereocenters. The van der Waals surface area contributed by atoms with Crippen LogP contribution in [0.25, 0.3) is 0 Å². The fraction of sp³-hybridized carbons (Fsp3) is 0.476. The summed E-state index contributed by atoms with van der Waals surface area (Å²) in [5, 5.41) is 12.6. The molecule has 0 amide bonds. The maximum absolute atomic E-state index is 9.39. The molecule has 0 radical (unpaired) electrons. The first-order valence-electron chi connectivity index (χ1n) is 9.95. The molecular weight excluding hydrogens is 354 g/mol. The van der Waals surface area contributed by atoms with Gasteiger partial charge in [0, 0.05) is 31.6 Å². The third kappa shape index (κ3) is 4.52. The van der Waals surface area contributed by atoms with Gasteiger partial charge in [0.15, 0.2) is 11.5 Å². The Kier molecular flexibility index (Phi) is 5.88. The van der Waals surface area contributed by atoms with Gasteiger partial charge in [0.1, 0.15) is 23.7 Å². The summed E-state index contributed by atoms with van der Waals surface area (Å²) in [6, 6.07) is 9.86. The number of rotatable bonds is 5. The highest BCUT2D eigenvalue weighted by Crippen LogP contribution is 2.25. The van der Waals surface area contributed by atoms with Crippen LogP contribution in [0.1, 0.15) is 37.8 Å². The number of aromatic nitrogens is 2. The number of nitrogens with one attached hydrogen (secondary N) is 1. The minimum atomic E-state index is 0.213. The standard InChI is InChI=1S/C21H25N5O2/c22-14-19-21(25-20(15-23-19)26-10-2-1-3-11-26)24-16-4-6-17(7-5-16)28-18-8-12-27-13-9-18/h4-7,15,18H,1-3,8-13H2,(H,24,25). The number of anilines is 3. The number of benzene rings is 1. The first-order valence-corrected chi connectivity index (χ1v) is 9.95. The van der Waals surface area contributed by atoms with E-state index in [0.717, 1.165) is 56.4 Å². The second kappa shape index (κ2) is 8.89. The summed E-state index contributed by atoms with van der Waals surface area (Å²) in [5.41, 5.74) is 1.14. The van der Waals surface area contributed by atoms with Gasteiger partial charge in [-0.2, -0.15) is 5.26 Å². The Morgan fingerprint density at radius 3 is 2.57 bits per heavy atom. The van der Waals surface area contributed by atoms with Crippen LogP contribution in [0.4, 0.5) is 17.3 Å². The molecule has 1 N–H and O–H groups in total. The summed E-state index contributed by atoms with van der Waals surface area (Å²) in [6.45, 7) is 3.48. The van der Waals surface area contributed by atoms with E-state index in [-0.39, 0.29) is 6.10 Å². The summed E-state index contributed by atoms with van der Waals surface area (Å²) < 4.78 is 11.4. The molecule has 2 aromatic rings. The summed E-state index contributed by atoms with van der Waals surface area (Å²) in [5.74, 6) is 2.15. The lowest BCUT2D eigenvalue weighted by atomic mass is 10.1. The average molecular weight is 379 g/mol. The first-order chi connectivity index (χ1) is 13.8. The van der Waals surface area contributed by atoms with Crippen molar-refractivity contribution in [3.63, 3.8) is 0 Å². The molecule has 7 nitrogen and oxygen atoms in total. The number of piperidine rings is 1. The number of hydrogen-bond acceptors (Lipinski definition) is 7. The zero-order valence-corrected chi connectivity index (χ0v) is 15.9. The van der Waals surface area contributed by atoms with Gasteiger partial charge >= 0.3 is 0 Å². The first kappa shape index (κ1) is 18.5. The van der Waals surface area contributed by atoms with E-state index in [9.17, 15) is 5.26 Å². The third-order valence-corrected chi connectivity index (χ3v) is 5.13. The van der Waals surface area contributed by atoms with E-state index in [0.29, 0.717) is 11.5 Å². The molecule has 0 spiro atoms. The van der Waals surface area contributed by atoms with Crippen molar-refractivity contribution in [3.05, 3.63) is 36.2 Å². The van der Waals surface area contributed by atoms with Crippen LogP contribution < -0.4 is 15.0 Å². The van der Waals surface area contributed by atoms with Crippen molar-refractivity contribution in [2.45, 2.75) is 38.2 Å². The number of nitriles is 1. The van der Waals surface area contributed by atoms with Crippen LogP contribution in [0.2, 0.25) is 0 Å². The van der Waals surface area contributed by atoms with Gasteiger partial charge in [-0.1, -0.05) is 0 Å². The van der Waals surface area contributed by atoms with Crippen LogP contribution in [0.3, 0.4) is 0 Å². The lowest BCUT2D eigenvalue weighted by molar-refractivity contribution is 0.0256. The van der Waals surface area contributed by atoms with Gasteiger partial charge in [-0.15, -0.1) is 0 Å². The maximum Gasteiger partial charge on any atom is 0.183 e. The van der Waals surface area contributed by atoms with E-state index < -0.39 is 0 Å². The van der Waals surface area contributed by atoms with Gasteiger partial charge in [-0.25, -0.2) is 9.97 Å². The van der Waals surface area contributed by atoms with Crippen molar-refractivity contribution in [3.8, 4) is 11.8 Å². The Morgan fingerprint density at radius 1 is 1.11 bits per heavy atom. The summed E-state index contributed by atoms with van der Waals surface area (Å²) >= 11 is 0. The smallest absolute Gasteiger partial charge is 0.183 e. The van der Waals surface area contributed by atoms with Crippen molar-refractivity contribution < 1.29 is 9.47 Å². The summed E-state index contributed by atoms with van der Waals surface area (Å²) in [7, 11) is 0. The third-order valence-electron chi connectivity index (χ3n) is 5.13. The molecule has 0 unspecified atom stereocenters. The van der Waals surface area contributed by atoms with E-state index in [1.807, 2.05) is 24.3 Å². The predicted molar refractivity (Wildman–Crippen MR) is 107 cm³/mol. The average Bonchev–Trinajstić information content (AvgIpc) is 2.76. The molecule has 7 heteroatoms. The second-order valence-corrected chi connectivity index (χ2v) is 7.16. The van der Waals surface area contributed by atoms with Crippen molar-refractivity contribution in [2.75, 3.05) is 36.5 Å². The number of hydrogen-bond donors (Lipinski definition) is 1. The topological polar surface area (TPSA) is 83.3 Å². The molecule has 2 aliphatic rings. The molecule has 0 saturated carbocycles. The Bertz CT molecular complexity index is 822. The van der Waals surface area contributed by atoms with Crippen LogP contribution in [0.5, 0.6) is 5.75 Å². The van der Waals surface area contributed by atoms with E-state index >= 15 is 0 Å². The Hall–Kier alpha value is -2.85. The molecule has 146 valence electrons. The van der Waals surface area contributed by atoms with E-state index in [4.69, 9.17) is 9.47 Å². The fourth-order valence-corrected chi connectivity index (χ4v) is 3.56. The zero-order valence-electron chi connectivity index (χ0n) is 15.9. The van der Waals surface area contributed by atoms with Crippen LogP contribution in [0, 0.1) is 11.3 Å². The molecule has 2 saturated heterocycles. The normalized spacial score (nSPS) is 17.8. The van der Waals surface area contributed by atoms with Gasteiger partial charge in [-0.05, 0) is 43.5 Å². The Morgan fingerprint density at radius 2 is 1.86 bits per heavy atom. The van der Waals surface area contributed by atoms with E-state index in [1.54, 1.807) is 6.20 Å². The molecule has 28 heavy (non-hydrogen) atoms. The van der Waals surface area contributed by atoms with Gasteiger partial charge in [0.05, 0.1) is 19.4 Å². The van der Waals surface area contributed by atoms with Crippen molar-refractivity contribution >= 4 is 17.3 Å². The van der Waals surface area contributed by atoms with Gasteiger partial charge in [0.2, 0.25) is 0 Å². The molecule has 1 aromatic carbocycles. The molecule has 0 bridgehead atoms. The molecule has 1 aromatic heterocycles. The van der Waals surface area contributed by atoms with Gasteiger partial charge in [0.25, 0.3) is 0 Å². The van der Waals surface area contributed by atoms with E-state index in [1.165, 1.54) is 19.3 Å². The fourth-order valence-electron chi connectivity index (χ4n) is 3.56. The van der Waals surface area contributed by atoms with Crippen LogP contribution in [-0.4, -0.2) is 42.4 Å². The zero-order chi connectivity index (χ0) is 19.2. The quantitative estimate of drug-likeness (QED) is 0.849. The molecular formula is C21H25N5O2. The molecule has 0 aliphatic carbocycles. The highest BCUT2D eigenvalue weighted by atomic mass is 16.5. The van der Waals surface area contributed by atoms with Gasteiger partial charge in [-0.3, -0.25) is 0 Å². The van der Waals surface area contributed by atoms with Crippen LogP contribution in [-0.2, 0) is 4.74 Å². The van der Waals surface area contributed by atoms with Crippen molar-refractivity contribution in [2.24, 2.45) is 0 Å². The lowest BCUT2D eigenvalue weighted by Gasteiger charge is -2.27. The van der Waals surface area contributed by atoms with E-state index in [2.05, 4.69) is 26.3 Å². The SMILES string of the molecule is N#Cc1ncc(N2CCCCC2)nc1Nc1ccc(OC2CCOCC2)cc1. The Labute approximate surface area is 165 Å². The summed E-state index contributed by atoms with van der Waals surface area (Å²) in [6.07, 6.45) is 7.34. The number of nitrogens with zero attached hydrogens (tertiary/aromatic N) is 4. The highest BCUT2D eigenvalue weighted by molar-refractivity contribution is 5.63. The molecule has 4 rings (SSSR count). The Balaban J connectivity index is 1.45. The second-order valence-electron chi connectivity index (χ2n) is 7.16. The lowest BCUT2D eigenvalue weighted by Crippen LogP contribution is -2.30. The minimum absolute atomic E-state index is 0.213.